The first-order chi connectivity index (χ1) is 5.52. The van der Waals surface area contributed by atoms with E-state index in [4.69, 9.17) is 0 Å². The smallest absolute Gasteiger partial charge is 0.429 e. The van der Waals surface area contributed by atoms with Crippen molar-refractivity contribution in [2.75, 3.05) is 13.1 Å². The van der Waals surface area contributed by atoms with Gasteiger partial charge in [-0.15, -0.1) is 0 Å². The fraction of sp³-hybridized carbons (Fsp3) is 0.833. The molecule has 1 heterocycles. The van der Waals surface area contributed by atoms with E-state index in [-0.39, 0.29) is 26.0 Å². The number of carbonyl (C=O) groups excluding carboxylic acids is 1. The fourth-order valence-electron chi connectivity index (χ4n) is 1.17. The third kappa shape index (κ3) is 1.38. The molecule has 0 aromatic rings. The number of nitrogens with one attached hydrogen (secondary N) is 1. The van der Waals surface area contributed by atoms with E-state index in [0.717, 1.165) is 0 Å². The molecular formula is C6H8F3NO2. The van der Waals surface area contributed by atoms with Gasteiger partial charge < -0.3 is 10.1 Å². The van der Waals surface area contributed by atoms with E-state index >= 15 is 0 Å². The first-order valence-electron chi connectivity index (χ1n) is 3.41. The molecule has 0 saturated carbocycles. The molecule has 3 nitrogen and oxygen atoms in total. The van der Waals surface area contributed by atoms with Gasteiger partial charge in [-0.2, -0.15) is 13.2 Å². The van der Waals surface area contributed by atoms with Crippen molar-refractivity contribution in [3.8, 4) is 0 Å². The molecule has 12 heavy (non-hydrogen) atoms. The maximum Gasteiger partial charge on any atom is 0.429 e. The summed E-state index contributed by atoms with van der Waals surface area (Å²) in [5.41, 5.74) is -2.30. The van der Waals surface area contributed by atoms with Gasteiger partial charge in [0.2, 0.25) is 5.60 Å². The molecule has 0 aromatic carbocycles. The SMILES string of the molecule is O=COC1(C(F)(F)F)CCNC1. The number of ether oxygens (including phenoxy) is 1. The second kappa shape index (κ2) is 2.93. The van der Waals surface area contributed by atoms with Gasteiger partial charge in [0.05, 0.1) is 0 Å². The minimum atomic E-state index is -4.49. The number of carbonyl (C=O) groups is 1. The van der Waals surface area contributed by atoms with Gasteiger partial charge in [0.15, 0.2) is 0 Å². The van der Waals surface area contributed by atoms with Crippen molar-refractivity contribution in [1.82, 2.24) is 5.32 Å². The summed E-state index contributed by atoms with van der Waals surface area (Å²) in [6.45, 7) is -0.289. The predicted octanol–water partition coefficient (Wildman–Crippen LogP) is 0.454. The van der Waals surface area contributed by atoms with Crippen molar-refractivity contribution in [2.45, 2.75) is 18.2 Å². The van der Waals surface area contributed by atoms with Gasteiger partial charge in [0, 0.05) is 13.0 Å². The standard InChI is InChI=1S/C6H8F3NO2/c7-6(8,9)5(12-4-11)1-2-10-3-5/h4,10H,1-3H2. The van der Waals surface area contributed by atoms with Crippen LogP contribution in [0.15, 0.2) is 0 Å². The Bertz CT molecular complexity index is 174. The average Bonchev–Trinajstić information content (AvgIpc) is 2.36. The fourth-order valence-corrected chi connectivity index (χ4v) is 1.17. The van der Waals surface area contributed by atoms with E-state index in [2.05, 4.69) is 10.1 Å². The maximum atomic E-state index is 12.3. The van der Waals surface area contributed by atoms with Gasteiger partial charge in [0.1, 0.15) is 0 Å². The van der Waals surface area contributed by atoms with Crippen LogP contribution >= 0.6 is 0 Å². The van der Waals surface area contributed by atoms with Crippen LogP contribution in [0.5, 0.6) is 0 Å². The summed E-state index contributed by atoms with van der Waals surface area (Å²) in [7, 11) is 0. The number of alkyl halides is 3. The number of rotatable bonds is 2. The Kier molecular flexibility index (Phi) is 2.27. The molecule has 1 fully saturated rings. The highest BCUT2D eigenvalue weighted by Crippen LogP contribution is 2.37. The average molecular weight is 183 g/mol. The van der Waals surface area contributed by atoms with Gasteiger partial charge in [-0.3, -0.25) is 4.79 Å². The van der Waals surface area contributed by atoms with Gasteiger partial charge in [-0.05, 0) is 6.54 Å². The van der Waals surface area contributed by atoms with E-state index in [1.165, 1.54) is 0 Å². The van der Waals surface area contributed by atoms with Crippen LogP contribution in [0.25, 0.3) is 0 Å². The van der Waals surface area contributed by atoms with Crippen LogP contribution in [0.1, 0.15) is 6.42 Å². The quantitative estimate of drug-likeness (QED) is 0.632. The summed E-state index contributed by atoms with van der Waals surface area (Å²) in [5.74, 6) is 0. The molecule has 0 bridgehead atoms. The predicted molar refractivity (Wildman–Crippen MR) is 33.4 cm³/mol. The third-order valence-corrected chi connectivity index (χ3v) is 1.91. The van der Waals surface area contributed by atoms with Crippen molar-refractivity contribution in [3.63, 3.8) is 0 Å². The molecule has 0 aliphatic carbocycles. The molecule has 1 atom stereocenters. The Morgan fingerprint density at radius 3 is 2.50 bits per heavy atom. The molecule has 1 unspecified atom stereocenters. The van der Waals surface area contributed by atoms with Gasteiger partial charge in [-0.1, -0.05) is 0 Å². The van der Waals surface area contributed by atoms with Crippen LogP contribution in [0.2, 0.25) is 0 Å². The van der Waals surface area contributed by atoms with Crippen molar-refractivity contribution < 1.29 is 22.7 Å². The molecular weight excluding hydrogens is 175 g/mol. The van der Waals surface area contributed by atoms with E-state index in [1.54, 1.807) is 0 Å². The highest BCUT2D eigenvalue weighted by Gasteiger charge is 2.58. The zero-order valence-electron chi connectivity index (χ0n) is 6.15. The topological polar surface area (TPSA) is 38.3 Å². The van der Waals surface area contributed by atoms with E-state index in [9.17, 15) is 18.0 Å². The van der Waals surface area contributed by atoms with Crippen molar-refractivity contribution in [3.05, 3.63) is 0 Å². The Morgan fingerprint density at radius 1 is 1.50 bits per heavy atom. The van der Waals surface area contributed by atoms with Crippen molar-refractivity contribution >= 4 is 6.47 Å². The molecule has 1 aliphatic heterocycles. The molecule has 1 saturated heterocycles. The molecule has 6 heteroatoms. The lowest BCUT2D eigenvalue weighted by molar-refractivity contribution is -0.257. The van der Waals surface area contributed by atoms with Crippen LogP contribution in [-0.4, -0.2) is 31.3 Å². The molecule has 0 amide bonds. The minimum Gasteiger partial charge on any atom is -0.450 e. The summed E-state index contributed by atoms with van der Waals surface area (Å²) >= 11 is 0. The Morgan fingerprint density at radius 2 is 2.17 bits per heavy atom. The van der Waals surface area contributed by atoms with Crippen LogP contribution in [0.3, 0.4) is 0 Å². The second-order valence-electron chi connectivity index (χ2n) is 2.63. The van der Waals surface area contributed by atoms with Gasteiger partial charge in [-0.25, -0.2) is 0 Å². The van der Waals surface area contributed by atoms with Crippen molar-refractivity contribution in [2.24, 2.45) is 0 Å². The largest absolute Gasteiger partial charge is 0.450 e. The molecule has 1 rings (SSSR count). The Labute approximate surface area is 66.9 Å². The molecule has 0 spiro atoms. The lowest BCUT2D eigenvalue weighted by Gasteiger charge is -2.28. The van der Waals surface area contributed by atoms with Crippen LogP contribution in [0, 0.1) is 0 Å². The van der Waals surface area contributed by atoms with E-state index in [0.29, 0.717) is 0 Å². The third-order valence-electron chi connectivity index (χ3n) is 1.91. The monoisotopic (exact) mass is 183 g/mol. The summed E-state index contributed by atoms with van der Waals surface area (Å²) in [6.07, 6.45) is -4.70. The first-order valence-corrected chi connectivity index (χ1v) is 3.41. The Hall–Kier alpha value is -0.780. The van der Waals surface area contributed by atoms with Crippen LogP contribution < -0.4 is 5.32 Å². The highest BCUT2D eigenvalue weighted by atomic mass is 19.4. The number of hydrogen-bond acceptors (Lipinski definition) is 3. The molecule has 70 valence electrons. The summed E-state index contributed by atoms with van der Waals surface area (Å²) < 4.78 is 40.9. The summed E-state index contributed by atoms with van der Waals surface area (Å²) in [5, 5.41) is 2.50. The van der Waals surface area contributed by atoms with Crippen LogP contribution in [-0.2, 0) is 9.53 Å². The second-order valence-corrected chi connectivity index (χ2v) is 2.63. The Balaban J connectivity index is 2.78. The van der Waals surface area contributed by atoms with E-state index in [1.807, 2.05) is 0 Å². The summed E-state index contributed by atoms with van der Waals surface area (Å²) in [4.78, 5) is 9.86. The zero-order chi connectivity index (χ0) is 9.24. The number of hydrogen-bond donors (Lipinski definition) is 1. The highest BCUT2D eigenvalue weighted by molar-refractivity contribution is 5.39. The van der Waals surface area contributed by atoms with E-state index < -0.39 is 11.8 Å². The molecule has 1 aliphatic rings. The summed E-state index contributed by atoms with van der Waals surface area (Å²) in [6, 6.07) is 0. The maximum absolute atomic E-state index is 12.3. The molecule has 1 N–H and O–H groups in total. The lowest BCUT2D eigenvalue weighted by atomic mass is 10.0. The lowest BCUT2D eigenvalue weighted by Crippen LogP contribution is -2.49. The molecule has 0 radical (unpaired) electrons. The van der Waals surface area contributed by atoms with Gasteiger partial charge >= 0.3 is 6.18 Å². The number of halogens is 3. The first kappa shape index (κ1) is 9.31. The minimum absolute atomic E-state index is 0.152. The van der Waals surface area contributed by atoms with Crippen molar-refractivity contribution in [1.29, 1.82) is 0 Å². The van der Waals surface area contributed by atoms with Gasteiger partial charge in [0.25, 0.3) is 6.47 Å². The molecule has 0 aromatic heterocycles. The normalized spacial score (nSPS) is 30.2. The van der Waals surface area contributed by atoms with Crippen LogP contribution in [0.4, 0.5) is 13.2 Å². The zero-order valence-corrected chi connectivity index (χ0v) is 6.15.